The molecule has 0 fully saturated rings. The van der Waals surface area contributed by atoms with Crippen LogP contribution in [0.1, 0.15) is 22.3 Å². The van der Waals surface area contributed by atoms with Crippen molar-refractivity contribution in [2.24, 2.45) is 0 Å². The number of fused-ring (bicyclic) bond motifs is 3. The third-order valence-electron chi connectivity index (χ3n) is 9.64. The molecule has 230 valence electrons. The third kappa shape index (κ3) is 4.87. The average Bonchev–Trinajstić information content (AvgIpc) is 3.49. The van der Waals surface area contributed by atoms with Crippen LogP contribution >= 0.6 is 0 Å². The van der Waals surface area contributed by atoms with Crippen LogP contribution in [0, 0.1) is 0 Å². The summed E-state index contributed by atoms with van der Waals surface area (Å²) < 4.78 is 0. The smallest absolute Gasteiger partial charge is 0.160 e. The molecule has 49 heavy (non-hydrogen) atoms. The Labute approximate surface area is 286 Å². The van der Waals surface area contributed by atoms with Crippen LogP contribution in [-0.4, -0.2) is 15.0 Å². The van der Waals surface area contributed by atoms with Crippen molar-refractivity contribution >= 4 is 0 Å². The molecule has 0 spiro atoms. The maximum Gasteiger partial charge on any atom is 0.160 e. The van der Waals surface area contributed by atoms with E-state index < -0.39 is 5.41 Å². The zero-order valence-corrected chi connectivity index (χ0v) is 26.7. The zero-order chi connectivity index (χ0) is 32.6. The largest absolute Gasteiger partial charge is 0.256 e. The number of hydrogen-bond acceptors (Lipinski definition) is 3. The van der Waals surface area contributed by atoms with Crippen LogP contribution in [0.3, 0.4) is 0 Å². The van der Waals surface area contributed by atoms with E-state index in [-0.39, 0.29) is 0 Å². The van der Waals surface area contributed by atoms with E-state index in [0.29, 0.717) is 5.82 Å². The first-order chi connectivity index (χ1) is 24.3. The molecular formula is C46H31N3. The second kappa shape index (κ2) is 12.0. The van der Waals surface area contributed by atoms with Gasteiger partial charge >= 0.3 is 0 Å². The van der Waals surface area contributed by atoms with Gasteiger partial charge in [-0.15, -0.1) is 0 Å². The maximum absolute atomic E-state index is 5.20. The van der Waals surface area contributed by atoms with Crippen molar-refractivity contribution in [3.05, 3.63) is 210 Å². The lowest BCUT2D eigenvalue weighted by atomic mass is 9.67. The minimum Gasteiger partial charge on any atom is -0.256 e. The highest BCUT2D eigenvalue weighted by Crippen LogP contribution is 2.57. The standard InChI is InChI=1S/C46H31N3/c1-5-15-32(16-6-1)43-31-44(33-17-7-2-8-18-33)49-45(48-43)35-25-27-39-38-26-24-34(42-23-13-14-28-47-42)29-40(38)46(41(39)30-35,36-19-9-3-10-20-36)37-21-11-4-12-22-37/h1-31H. The van der Waals surface area contributed by atoms with E-state index >= 15 is 0 Å². The molecule has 1 aliphatic carbocycles. The van der Waals surface area contributed by atoms with Crippen molar-refractivity contribution in [3.63, 3.8) is 0 Å². The van der Waals surface area contributed by atoms with Gasteiger partial charge in [0.2, 0.25) is 0 Å². The van der Waals surface area contributed by atoms with Gasteiger partial charge in [-0.1, -0.05) is 152 Å². The molecule has 0 bridgehead atoms. The Hall–Kier alpha value is -6.45. The number of hydrogen-bond donors (Lipinski definition) is 0. The molecule has 0 radical (unpaired) electrons. The highest BCUT2D eigenvalue weighted by atomic mass is 14.9. The van der Waals surface area contributed by atoms with Crippen molar-refractivity contribution in [1.82, 2.24) is 15.0 Å². The van der Waals surface area contributed by atoms with E-state index in [1.54, 1.807) is 0 Å². The number of aromatic nitrogens is 3. The van der Waals surface area contributed by atoms with E-state index in [9.17, 15) is 0 Å². The van der Waals surface area contributed by atoms with E-state index in [4.69, 9.17) is 15.0 Å². The molecule has 0 atom stereocenters. The lowest BCUT2D eigenvalue weighted by molar-refractivity contribution is 0.769. The number of benzene rings is 6. The van der Waals surface area contributed by atoms with Crippen LogP contribution in [0.15, 0.2) is 188 Å². The highest BCUT2D eigenvalue weighted by Gasteiger charge is 2.46. The Bertz CT molecular complexity index is 2310. The van der Waals surface area contributed by atoms with Gasteiger partial charge in [-0.3, -0.25) is 4.98 Å². The summed E-state index contributed by atoms with van der Waals surface area (Å²) in [7, 11) is 0. The van der Waals surface area contributed by atoms with Gasteiger partial charge < -0.3 is 0 Å². The molecule has 0 unspecified atom stereocenters. The average molecular weight is 626 g/mol. The molecule has 3 heteroatoms. The monoisotopic (exact) mass is 625 g/mol. The fourth-order valence-electron chi connectivity index (χ4n) is 7.41. The Kier molecular flexibility index (Phi) is 7.02. The molecule has 1 aliphatic rings. The Morgan fingerprint density at radius 3 is 1.33 bits per heavy atom. The molecule has 2 aromatic heterocycles. The SMILES string of the molecule is c1ccc(-c2cc(-c3ccccc3)nc(-c3ccc4c(c3)C(c3ccccc3)(c3ccccc3)c3cc(-c5ccccn5)ccc3-4)n2)cc1. The van der Waals surface area contributed by atoms with Crippen LogP contribution in [0.2, 0.25) is 0 Å². The van der Waals surface area contributed by atoms with Crippen molar-refractivity contribution in [2.75, 3.05) is 0 Å². The van der Waals surface area contributed by atoms with Crippen LogP contribution in [0.5, 0.6) is 0 Å². The second-order valence-corrected chi connectivity index (χ2v) is 12.4. The van der Waals surface area contributed by atoms with Crippen molar-refractivity contribution in [1.29, 1.82) is 0 Å². The fourth-order valence-corrected chi connectivity index (χ4v) is 7.41. The summed E-state index contributed by atoms with van der Waals surface area (Å²) in [6.45, 7) is 0. The highest BCUT2D eigenvalue weighted by molar-refractivity contribution is 5.89. The van der Waals surface area contributed by atoms with Gasteiger partial charge in [0.05, 0.1) is 22.5 Å². The molecule has 2 heterocycles. The van der Waals surface area contributed by atoms with Gasteiger partial charge in [-0.05, 0) is 63.7 Å². The van der Waals surface area contributed by atoms with E-state index in [0.717, 1.165) is 39.3 Å². The van der Waals surface area contributed by atoms with Gasteiger partial charge in [0.15, 0.2) is 5.82 Å². The number of rotatable bonds is 6. The summed E-state index contributed by atoms with van der Waals surface area (Å²) in [4.78, 5) is 15.1. The summed E-state index contributed by atoms with van der Waals surface area (Å²) in [6.07, 6.45) is 1.86. The molecule has 8 aromatic rings. The summed E-state index contributed by atoms with van der Waals surface area (Å²) >= 11 is 0. The molecule has 6 aromatic carbocycles. The van der Waals surface area contributed by atoms with Gasteiger partial charge in [-0.25, -0.2) is 9.97 Å². The minimum atomic E-state index is -0.576. The van der Waals surface area contributed by atoms with Crippen LogP contribution in [0.25, 0.3) is 56.3 Å². The van der Waals surface area contributed by atoms with Crippen molar-refractivity contribution < 1.29 is 0 Å². The predicted molar refractivity (Wildman–Crippen MR) is 199 cm³/mol. The summed E-state index contributed by atoms with van der Waals surface area (Å²) in [5.74, 6) is 0.697. The van der Waals surface area contributed by atoms with Crippen molar-refractivity contribution in [3.8, 4) is 56.3 Å². The van der Waals surface area contributed by atoms with Crippen LogP contribution < -0.4 is 0 Å². The molecule has 0 aliphatic heterocycles. The lowest BCUT2D eigenvalue weighted by Gasteiger charge is -2.34. The molecule has 0 saturated carbocycles. The topological polar surface area (TPSA) is 38.7 Å². The Balaban J connectivity index is 1.32. The molecule has 3 nitrogen and oxygen atoms in total. The molecule has 9 rings (SSSR count). The summed E-state index contributed by atoms with van der Waals surface area (Å²) in [5, 5.41) is 0. The van der Waals surface area contributed by atoms with E-state index in [1.165, 1.54) is 33.4 Å². The fraction of sp³-hybridized carbons (Fsp3) is 0.0217. The maximum atomic E-state index is 5.20. The summed E-state index contributed by atoms with van der Waals surface area (Å²) in [5.41, 5.74) is 13.7. The second-order valence-electron chi connectivity index (χ2n) is 12.4. The first-order valence-electron chi connectivity index (χ1n) is 16.6. The number of pyridine rings is 1. The van der Waals surface area contributed by atoms with Gasteiger partial charge in [0.1, 0.15) is 0 Å². The minimum absolute atomic E-state index is 0.576. The van der Waals surface area contributed by atoms with Crippen LogP contribution in [-0.2, 0) is 5.41 Å². The molecule has 0 amide bonds. The van der Waals surface area contributed by atoms with Gasteiger partial charge in [0, 0.05) is 28.5 Å². The van der Waals surface area contributed by atoms with Crippen LogP contribution in [0.4, 0.5) is 0 Å². The third-order valence-corrected chi connectivity index (χ3v) is 9.64. The molecular weight excluding hydrogens is 595 g/mol. The van der Waals surface area contributed by atoms with Gasteiger partial charge in [-0.2, -0.15) is 0 Å². The number of nitrogens with zero attached hydrogens (tertiary/aromatic N) is 3. The summed E-state index contributed by atoms with van der Waals surface area (Å²) in [6, 6.07) is 64.3. The molecule has 0 saturated heterocycles. The Morgan fingerprint density at radius 2 is 0.816 bits per heavy atom. The van der Waals surface area contributed by atoms with E-state index in [2.05, 4.69) is 158 Å². The normalized spacial score (nSPS) is 12.7. The Morgan fingerprint density at radius 1 is 0.347 bits per heavy atom. The zero-order valence-electron chi connectivity index (χ0n) is 26.7. The lowest BCUT2D eigenvalue weighted by Crippen LogP contribution is -2.28. The van der Waals surface area contributed by atoms with E-state index in [1.807, 2.05) is 30.5 Å². The molecule has 0 N–H and O–H groups in total. The van der Waals surface area contributed by atoms with Crippen molar-refractivity contribution in [2.45, 2.75) is 5.41 Å². The predicted octanol–water partition coefficient (Wildman–Crippen LogP) is 10.9. The van der Waals surface area contributed by atoms with Gasteiger partial charge in [0.25, 0.3) is 0 Å². The quantitative estimate of drug-likeness (QED) is 0.185. The first kappa shape index (κ1) is 28.7. The first-order valence-corrected chi connectivity index (χ1v) is 16.6.